The van der Waals surface area contributed by atoms with E-state index in [-0.39, 0.29) is 5.91 Å². The lowest BCUT2D eigenvalue weighted by Gasteiger charge is -2.33. The van der Waals surface area contributed by atoms with Gasteiger partial charge in [0.25, 0.3) is 5.91 Å². The molecular weight excluding hydrogens is 334 g/mol. The normalized spacial score (nSPS) is 14.8. The molecule has 0 saturated carbocycles. The average Bonchev–Trinajstić information content (AvgIpc) is 2.68. The molecule has 0 bridgehead atoms. The second kappa shape index (κ2) is 8.01. The lowest BCUT2D eigenvalue weighted by Crippen LogP contribution is -2.44. The molecule has 8 nitrogen and oxygen atoms in total. The monoisotopic (exact) mass is 357 g/mol. The summed E-state index contributed by atoms with van der Waals surface area (Å²) in [4.78, 5) is 25.5. The van der Waals surface area contributed by atoms with Gasteiger partial charge in [0.05, 0.1) is 14.2 Å². The Kier molecular flexibility index (Phi) is 5.52. The highest BCUT2D eigenvalue weighted by Crippen LogP contribution is 2.23. The number of carbonyl (C=O) groups excluding carboxylic acids is 1. The molecule has 0 radical (unpaired) electrons. The fraction of sp³-hybridized carbons (Fsp3) is 0.389. The molecule has 0 unspecified atom stereocenters. The van der Waals surface area contributed by atoms with E-state index in [0.717, 1.165) is 32.0 Å². The van der Waals surface area contributed by atoms with Gasteiger partial charge in [-0.3, -0.25) is 4.79 Å². The number of piperazine rings is 1. The molecule has 1 aromatic heterocycles. The fourth-order valence-corrected chi connectivity index (χ4v) is 2.75. The number of rotatable bonds is 5. The predicted molar refractivity (Wildman–Crippen MR) is 99.2 cm³/mol. The summed E-state index contributed by atoms with van der Waals surface area (Å²) in [5, 5.41) is 2.81. The van der Waals surface area contributed by atoms with Crippen molar-refractivity contribution in [3.63, 3.8) is 0 Å². The Morgan fingerprint density at radius 1 is 1.00 bits per heavy atom. The van der Waals surface area contributed by atoms with E-state index in [1.165, 1.54) is 6.33 Å². The van der Waals surface area contributed by atoms with E-state index >= 15 is 0 Å². The van der Waals surface area contributed by atoms with Crippen molar-refractivity contribution >= 4 is 17.5 Å². The van der Waals surface area contributed by atoms with E-state index in [0.29, 0.717) is 22.9 Å². The molecule has 3 rings (SSSR count). The number of aromatic nitrogens is 2. The van der Waals surface area contributed by atoms with Crippen molar-refractivity contribution < 1.29 is 14.3 Å². The Morgan fingerprint density at radius 2 is 1.65 bits per heavy atom. The third kappa shape index (κ3) is 4.20. The molecule has 8 heteroatoms. The summed E-state index contributed by atoms with van der Waals surface area (Å²) >= 11 is 0. The van der Waals surface area contributed by atoms with Crippen molar-refractivity contribution in [3.05, 3.63) is 36.2 Å². The summed E-state index contributed by atoms with van der Waals surface area (Å²) in [6.07, 6.45) is 1.47. The molecule has 2 heterocycles. The first-order chi connectivity index (χ1) is 12.6. The highest BCUT2D eigenvalue weighted by Gasteiger charge is 2.17. The Hall–Kier alpha value is -2.87. The second-order valence-corrected chi connectivity index (χ2v) is 6.11. The number of nitrogens with zero attached hydrogens (tertiary/aromatic N) is 4. The number of ether oxygens (including phenoxy) is 2. The van der Waals surface area contributed by atoms with Crippen LogP contribution in [0.5, 0.6) is 11.5 Å². The van der Waals surface area contributed by atoms with Crippen molar-refractivity contribution in [1.82, 2.24) is 14.9 Å². The first-order valence-corrected chi connectivity index (χ1v) is 8.39. The summed E-state index contributed by atoms with van der Waals surface area (Å²) in [6, 6.07) is 6.81. The van der Waals surface area contributed by atoms with Crippen molar-refractivity contribution in [1.29, 1.82) is 0 Å². The van der Waals surface area contributed by atoms with Gasteiger partial charge in [-0.1, -0.05) is 0 Å². The van der Waals surface area contributed by atoms with Crippen LogP contribution in [0.1, 0.15) is 10.4 Å². The standard InChI is InChI=1S/C18H23N5O3/c1-22-4-6-23(7-5-22)17-11-16(19-12-20-17)21-18(24)13-8-14(25-2)10-15(9-13)26-3/h8-12H,4-7H2,1-3H3,(H,19,20,21,24). The SMILES string of the molecule is COc1cc(OC)cc(C(=O)Nc2cc(N3CCN(C)CC3)ncn2)c1. The molecule has 2 aromatic rings. The van der Waals surface area contributed by atoms with Crippen molar-refractivity contribution in [2.75, 3.05) is 57.7 Å². The van der Waals surface area contributed by atoms with Gasteiger partial charge in [-0.05, 0) is 19.2 Å². The average molecular weight is 357 g/mol. The number of carbonyl (C=O) groups is 1. The molecule has 1 saturated heterocycles. The molecule has 138 valence electrons. The minimum Gasteiger partial charge on any atom is -0.497 e. The Bertz CT molecular complexity index is 753. The van der Waals surface area contributed by atoms with E-state index in [1.807, 2.05) is 0 Å². The maximum atomic E-state index is 12.6. The zero-order valence-electron chi connectivity index (χ0n) is 15.2. The number of methoxy groups -OCH3 is 2. The first-order valence-electron chi connectivity index (χ1n) is 8.39. The van der Waals surface area contributed by atoms with Gasteiger partial charge >= 0.3 is 0 Å². The van der Waals surface area contributed by atoms with Crippen LogP contribution in [0, 0.1) is 0 Å². The lowest BCUT2D eigenvalue weighted by molar-refractivity contribution is 0.102. The van der Waals surface area contributed by atoms with Gasteiger partial charge < -0.3 is 24.6 Å². The highest BCUT2D eigenvalue weighted by molar-refractivity contribution is 6.04. The Morgan fingerprint density at radius 3 is 2.27 bits per heavy atom. The largest absolute Gasteiger partial charge is 0.497 e. The minimum atomic E-state index is -0.287. The molecule has 26 heavy (non-hydrogen) atoms. The molecule has 1 aliphatic rings. The zero-order chi connectivity index (χ0) is 18.5. The van der Waals surface area contributed by atoms with Crippen LogP contribution in [0.15, 0.2) is 30.6 Å². The van der Waals surface area contributed by atoms with E-state index in [2.05, 4.69) is 32.1 Å². The van der Waals surface area contributed by atoms with Gasteiger partial charge in [0.1, 0.15) is 29.5 Å². The number of benzene rings is 1. The molecule has 1 fully saturated rings. The van der Waals surface area contributed by atoms with Gasteiger partial charge in [-0.2, -0.15) is 0 Å². The minimum absolute atomic E-state index is 0.287. The van der Waals surface area contributed by atoms with Gasteiger partial charge in [-0.15, -0.1) is 0 Å². The van der Waals surface area contributed by atoms with Crippen molar-refractivity contribution in [3.8, 4) is 11.5 Å². The lowest BCUT2D eigenvalue weighted by atomic mass is 10.2. The van der Waals surface area contributed by atoms with Crippen molar-refractivity contribution in [2.24, 2.45) is 0 Å². The maximum absolute atomic E-state index is 12.6. The van der Waals surface area contributed by atoms with Gasteiger partial charge in [0, 0.05) is 43.9 Å². The smallest absolute Gasteiger partial charge is 0.257 e. The van der Waals surface area contributed by atoms with Crippen LogP contribution in [0.4, 0.5) is 11.6 Å². The fourth-order valence-electron chi connectivity index (χ4n) is 2.75. The number of hydrogen-bond acceptors (Lipinski definition) is 7. The first kappa shape index (κ1) is 17.9. The summed E-state index contributed by atoms with van der Waals surface area (Å²) in [7, 11) is 5.19. The molecule has 1 amide bonds. The number of amides is 1. The van der Waals surface area contributed by atoms with Gasteiger partial charge in [0.15, 0.2) is 0 Å². The van der Waals surface area contributed by atoms with E-state index in [1.54, 1.807) is 38.5 Å². The van der Waals surface area contributed by atoms with Crippen LogP contribution in [0.3, 0.4) is 0 Å². The molecule has 0 spiro atoms. The van der Waals surface area contributed by atoms with Crippen LogP contribution in [-0.2, 0) is 0 Å². The molecule has 1 aromatic carbocycles. The van der Waals surface area contributed by atoms with Crippen LogP contribution in [-0.4, -0.2) is 68.2 Å². The summed E-state index contributed by atoms with van der Waals surface area (Å²) in [5.41, 5.74) is 0.431. The summed E-state index contributed by atoms with van der Waals surface area (Å²) < 4.78 is 10.4. The van der Waals surface area contributed by atoms with Crippen LogP contribution in [0.2, 0.25) is 0 Å². The summed E-state index contributed by atoms with van der Waals surface area (Å²) in [5.74, 6) is 2.09. The van der Waals surface area contributed by atoms with Gasteiger partial charge in [0.2, 0.25) is 0 Å². The number of hydrogen-bond donors (Lipinski definition) is 1. The summed E-state index contributed by atoms with van der Waals surface area (Å²) in [6.45, 7) is 3.76. The molecule has 0 aliphatic carbocycles. The zero-order valence-corrected chi connectivity index (χ0v) is 15.2. The highest BCUT2D eigenvalue weighted by atomic mass is 16.5. The molecule has 0 atom stereocenters. The molecule has 1 N–H and O–H groups in total. The third-order valence-electron chi connectivity index (χ3n) is 4.34. The van der Waals surface area contributed by atoms with Crippen LogP contribution >= 0.6 is 0 Å². The number of nitrogens with one attached hydrogen (secondary N) is 1. The Balaban J connectivity index is 1.74. The Labute approximate surface area is 152 Å². The van der Waals surface area contributed by atoms with E-state index < -0.39 is 0 Å². The maximum Gasteiger partial charge on any atom is 0.257 e. The van der Waals surface area contributed by atoms with Crippen LogP contribution < -0.4 is 19.7 Å². The quantitative estimate of drug-likeness (QED) is 0.868. The topological polar surface area (TPSA) is 79.8 Å². The molecule has 1 aliphatic heterocycles. The molecular formula is C18H23N5O3. The number of likely N-dealkylation sites (N-methyl/N-ethyl adjacent to an activating group) is 1. The predicted octanol–water partition coefficient (Wildman–Crippen LogP) is 1.50. The van der Waals surface area contributed by atoms with Gasteiger partial charge in [-0.25, -0.2) is 9.97 Å². The van der Waals surface area contributed by atoms with E-state index in [4.69, 9.17) is 9.47 Å². The third-order valence-corrected chi connectivity index (χ3v) is 4.34. The van der Waals surface area contributed by atoms with E-state index in [9.17, 15) is 4.79 Å². The number of anilines is 2. The second-order valence-electron chi connectivity index (χ2n) is 6.11. The van der Waals surface area contributed by atoms with Crippen LogP contribution in [0.25, 0.3) is 0 Å². The van der Waals surface area contributed by atoms with Crippen molar-refractivity contribution in [2.45, 2.75) is 0 Å².